The van der Waals surface area contributed by atoms with Gasteiger partial charge in [-0.05, 0) is 36.0 Å². The van der Waals surface area contributed by atoms with E-state index >= 15 is 0 Å². The van der Waals surface area contributed by atoms with Crippen molar-refractivity contribution in [3.05, 3.63) is 77.9 Å². The quantitative estimate of drug-likeness (QED) is 0.731. The summed E-state index contributed by atoms with van der Waals surface area (Å²) in [6.07, 6.45) is 1.98. The predicted octanol–water partition coefficient (Wildman–Crippen LogP) is 2.88. The van der Waals surface area contributed by atoms with Crippen molar-refractivity contribution in [2.75, 3.05) is 25.0 Å². The number of benzene rings is 2. The smallest absolute Gasteiger partial charge is 0.293 e. The van der Waals surface area contributed by atoms with Crippen molar-refractivity contribution in [1.82, 2.24) is 19.7 Å². The maximum absolute atomic E-state index is 12.7. The third-order valence-electron chi connectivity index (χ3n) is 6.14. The second-order valence-electron chi connectivity index (χ2n) is 8.09. The number of nitrogens with one attached hydrogen (secondary N) is 1. The molecule has 0 bridgehead atoms. The van der Waals surface area contributed by atoms with E-state index in [0.29, 0.717) is 17.7 Å². The Labute approximate surface area is 170 Å². The number of rotatable bonds is 5. The van der Waals surface area contributed by atoms with Crippen LogP contribution in [0, 0.1) is 11.8 Å². The summed E-state index contributed by atoms with van der Waals surface area (Å²) in [5.74, 6) is 2.33. The minimum absolute atomic E-state index is 0.188. The molecule has 1 amide bonds. The lowest BCUT2D eigenvalue weighted by atomic mass is 9.89. The minimum Gasteiger partial charge on any atom is -0.319 e. The van der Waals surface area contributed by atoms with Crippen LogP contribution in [0.15, 0.2) is 60.7 Å². The standard InChI is InChI=1S/C23H25N5O/c29-23(24-20-9-5-2-6-10-20)22-26-25-21-13-18-14-27(15-19(18)16-28(21)22)12-11-17-7-3-1-4-8-17/h1-10,18-19H,11-16H2,(H,24,29)/t18-,19-/m1/s1. The van der Waals surface area contributed by atoms with Gasteiger partial charge in [-0.1, -0.05) is 48.5 Å². The molecule has 29 heavy (non-hydrogen) atoms. The van der Waals surface area contributed by atoms with Gasteiger partial charge in [-0.2, -0.15) is 0 Å². The van der Waals surface area contributed by atoms with Gasteiger partial charge >= 0.3 is 0 Å². The fourth-order valence-electron chi connectivity index (χ4n) is 4.61. The van der Waals surface area contributed by atoms with Crippen molar-refractivity contribution >= 4 is 11.6 Å². The Hall–Kier alpha value is -2.99. The number of hydrogen-bond donors (Lipinski definition) is 1. The number of likely N-dealkylation sites (tertiary alicyclic amines) is 1. The molecular formula is C23H25N5O. The lowest BCUT2D eigenvalue weighted by molar-refractivity contribution is 0.100. The van der Waals surface area contributed by atoms with E-state index in [1.165, 1.54) is 5.56 Å². The van der Waals surface area contributed by atoms with Crippen LogP contribution in [0.2, 0.25) is 0 Å². The molecule has 5 rings (SSSR count). The van der Waals surface area contributed by atoms with Crippen molar-refractivity contribution < 1.29 is 4.79 Å². The van der Waals surface area contributed by atoms with E-state index in [9.17, 15) is 4.79 Å². The summed E-state index contributed by atoms with van der Waals surface area (Å²) >= 11 is 0. The highest BCUT2D eigenvalue weighted by Gasteiger charge is 2.38. The van der Waals surface area contributed by atoms with Crippen molar-refractivity contribution in [3.63, 3.8) is 0 Å². The molecule has 0 radical (unpaired) electrons. The molecule has 1 aromatic heterocycles. The second-order valence-corrected chi connectivity index (χ2v) is 8.09. The molecule has 3 heterocycles. The maximum atomic E-state index is 12.7. The zero-order valence-corrected chi connectivity index (χ0v) is 16.4. The van der Waals surface area contributed by atoms with Gasteiger partial charge in [0.05, 0.1) is 0 Å². The number of fused-ring (bicyclic) bond motifs is 2. The van der Waals surface area contributed by atoms with E-state index in [1.807, 2.05) is 34.9 Å². The van der Waals surface area contributed by atoms with Crippen molar-refractivity contribution in [1.29, 1.82) is 0 Å². The Balaban J connectivity index is 1.24. The summed E-state index contributed by atoms with van der Waals surface area (Å²) in [6, 6.07) is 20.2. The maximum Gasteiger partial charge on any atom is 0.293 e. The highest BCUT2D eigenvalue weighted by atomic mass is 16.2. The van der Waals surface area contributed by atoms with Crippen molar-refractivity contribution in [2.24, 2.45) is 11.8 Å². The lowest BCUT2D eigenvalue weighted by Gasteiger charge is -2.25. The van der Waals surface area contributed by atoms with Crippen LogP contribution < -0.4 is 5.32 Å². The molecule has 1 fully saturated rings. The zero-order valence-electron chi connectivity index (χ0n) is 16.4. The Morgan fingerprint density at radius 3 is 2.45 bits per heavy atom. The van der Waals surface area contributed by atoms with E-state index in [2.05, 4.69) is 50.7 Å². The summed E-state index contributed by atoms with van der Waals surface area (Å²) in [4.78, 5) is 15.3. The molecule has 0 spiro atoms. The van der Waals surface area contributed by atoms with Crippen LogP contribution in [-0.2, 0) is 19.4 Å². The van der Waals surface area contributed by atoms with Gasteiger partial charge in [0.1, 0.15) is 5.82 Å². The first-order valence-corrected chi connectivity index (χ1v) is 10.3. The monoisotopic (exact) mass is 387 g/mol. The number of para-hydroxylation sites is 1. The number of carbonyl (C=O) groups excluding carboxylic acids is 1. The van der Waals surface area contributed by atoms with Crippen molar-refractivity contribution in [2.45, 2.75) is 19.4 Å². The molecular weight excluding hydrogens is 362 g/mol. The van der Waals surface area contributed by atoms with E-state index in [-0.39, 0.29) is 5.91 Å². The van der Waals surface area contributed by atoms with Gasteiger partial charge in [0, 0.05) is 38.3 Å². The average Bonchev–Trinajstić information content (AvgIpc) is 3.35. The number of nitrogens with zero attached hydrogens (tertiary/aromatic N) is 4. The molecule has 3 aromatic rings. The summed E-state index contributed by atoms with van der Waals surface area (Å²) in [5, 5.41) is 11.5. The fourth-order valence-corrected chi connectivity index (χ4v) is 4.61. The number of hydrogen-bond acceptors (Lipinski definition) is 4. The van der Waals surface area contributed by atoms with Gasteiger partial charge in [-0.25, -0.2) is 0 Å². The van der Waals surface area contributed by atoms with Gasteiger partial charge in [0.25, 0.3) is 5.91 Å². The third-order valence-corrected chi connectivity index (χ3v) is 6.14. The van der Waals surface area contributed by atoms with Gasteiger partial charge in [0.2, 0.25) is 5.82 Å². The van der Waals surface area contributed by atoms with Gasteiger partial charge < -0.3 is 14.8 Å². The Kier molecular flexibility index (Phi) is 4.86. The minimum atomic E-state index is -0.188. The molecule has 0 saturated carbocycles. The topological polar surface area (TPSA) is 63.1 Å². The van der Waals surface area contributed by atoms with Crippen LogP contribution in [0.25, 0.3) is 0 Å². The number of carbonyl (C=O) groups is 1. The molecule has 2 aliphatic heterocycles. The van der Waals surface area contributed by atoms with E-state index in [0.717, 1.165) is 50.5 Å². The van der Waals surface area contributed by atoms with Gasteiger partial charge in [0.15, 0.2) is 0 Å². The van der Waals surface area contributed by atoms with Gasteiger partial charge in [-0.15, -0.1) is 10.2 Å². The molecule has 0 unspecified atom stereocenters. The van der Waals surface area contributed by atoms with E-state index in [1.54, 1.807) is 0 Å². The summed E-state index contributed by atoms with van der Waals surface area (Å²) < 4.78 is 2.03. The highest BCUT2D eigenvalue weighted by Crippen LogP contribution is 2.32. The molecule has 6 heteroatoms. The lowest BCUT2D eigenvalue weighted by Crippen LogP contribution is -2.31. The normalized spacial score (nSPS) is 20.8. The van der Waals surface area contributed by atoms with Crippen molar-refractivity contribution in [3.8, 4) is 0 Å². The molecule has 6 nitrogen and oxygen atoms in total. The molecule has 2 atom stereocenters. The Morgan fingerprint density at radius 1 is 0.931 bits per heavy atom. The first-order valence-electron chi connectivity index (χ1n) is 10.3. The van der Waals surface area contributed by atoms with E-state index < -0.39 is 0 Å². The summed E-state index contributed by atoms with van der Waals surface area (Å²) in [7, 11) is 0. The number of anilines is 1. The predicted molar refractivity (Wildman–Crippen MR) is 112 cm³/mol. The Morgan fingerprint density at radius 2 is 1.66 bits per heavy atom. The van der Waals surface area contributed by atoms with Crippen LogP contribution in [0.4, 0.5) is 5.69 Å². The fraction of sp³-hybridized carbons (Fsp3) is 0.348. The van der Waals surface area contributed by atoms with Crippen LogP contribution in [0.3, 0.4) is 0 Å². The first-order chi connectivity index (χ1) is 14.3. The van der Waals surface area contributed by atoms with Gasteiger partial charge in [-0.3, -0.25) is 4.79 Å². The second kappa shape index (κ2) is 7.79. The molecule has 2 aliphatic rings. The molecule has 1 N–H and O–H groups in total. The summed E-state index contributed by atoms with van der Waals surface area (Å²) in [6.45, 7) is 4.09. The zero-order chi connectivity index (χ0) is 19.6. The first kappa shape index (κ1) is 18.1. The average molecular weight is 387 g/mol. The van der Waals surface area contributed by atoms with Crippen LogP contribution in [0.1, 0.15) is 22.0 Å². The largest absolute Gasteiger partial charge is 0.319 e. The van der Waals surface area contributed by atoms with Crippen LogP contribution in [-0.4, -0.2) is 45.2 Å². The summed E-state index contributed by atoms with van der Waals surface area (Å²) in [5.41, 5.74) is 2.16. The van der Waals surface area contributed by atoms with Crippen LogP contribution in [0.5, 0.6) is 0 Å². The SMILES string of the molecule is O=C(Nc1ccccc1)c1nnc2n1C[C@H]1CN(CCc3ccccc3)C[C@H]1C2. The molecule has 148 valence electrons. The molecule has 2 aromatic carbocycles. The number of aromatic nitrogens is 3. The molecule has 1 saturated heterocycles. The van der Waals surface area contributed by atoms with Crippen LogP contribution >= 0.6 is 0 Å². The molecule has 0 aliphatic carbocycles. The highest BCUT2D eigenvalue weighted by molar-refractivity contribution is 6.01. The van der Waals surface area contributed by atoms with E-state index in [4.69, 9.17) is 0 Å². The number of amides is 1. The Bertz CT molecular complexity index is 985. The third kappa shape index (κ3) is 3.80.